The third-order valence-electron chi connectivity index (χ3n) is 3.81. The van der Waals surface area contributed by atoms with Gasteiger partial charge in [-0.2, -0.15) is 0 Å². The molecule has 0 radical (unpaired) electrons. The van der Waals surface area contributed by atoms with Crippen molar-refractivity contribution in [3.63, 3.8) is 0 Å². The van der Waals surface area contributed by atoms with Gasteiger partial charge in [0.15, 0.2) is 0 Å². The fraction of sp³-hybridized carbons (Fsp3) is 0.471. The van der Waals surface area contributed by atoms with Crippen molar-refractivity contribution in [1.29, 1.82) is 0 Å². The Kier molecular flexibility index (Phi) is 5.83. The lowest BCUT2D eigenvalue weighted by atomic mass is 10.1. The molecule has 5 heteroatoms. The second-order valence-electron chi connectivity index (χ2n) is 5.60. The Labute approximate surface area is 131 Å². The van der Waals surface area contributed by atoms with Gasteiger partial charge in [-0.05, 0) is 31.4 Å². The van der Waals surface area contributed by atoms with Gasteiger partial charge in [-0.1, -0.05) is 31.5 Å². The number of carbonyl (C=O) groups excluding carboxylic acids is 1. The Bertz CT molecular complexity index is 621. The number of hydrogen-bond donors (Lipinski definition) is 4. The van der Waals surface area contributed by atoms with Crippen LogP contribution in [0.3, 0.4) is 0 Å². The number of H-pyrrole nitrogens is 1. The zero-order valence-electron chi connectivity index (χ0n) is 13.3. The minimum atomic E-state index is -0.466. The van der Waals surface area contributed by atoms with E-state index in [9.17, 15) is 9.90 Å². The highest BCUT2D eigenvalue weighted by Crippen LogP contribution is 2.21. The minimum absolute atomic E-state index is 0.229. The summed E-state index contributed by atoms with van der Waals surface area (Å²) in [6.45, 7) is 4.92. The summed E-state index contributed by atoms with van der Waals surface area (Å²) in [5.74, 6) is 0. The van der Waals surface area contributed by atoms with Crippen molar-refractivity contribution in [1.82, 2.24) is 15.6 Å². The molecule has 4 N–H and O–H groups in total. The molecule has 5 nitrogen and oxygen atoms in total. The lowest BCUT2D eigenvalue weighted by molar-refractivity contribution is 0.160. The molecule has 0 saturated heterocycles. The standard InChI is InChI=1S/C17H25N3O2/c1-3-6-13(21)11-19-17(22)18-10-9-14-12(2)20-16-8-5-4-7-15(14)16/h4-5,7-8,13,20-21H,3,6,9-11H2,1-2H3,(H2,18,19,22). The molecule has 2 rings (SSSR count). The number of aromatic nitrogens is 1. The van der Waals surface area contributed by atoms with E-state index in [1.807, 2.05) is 19.1 Å². The van der Waals surface area contributed by atoms with Gasteiger partial charge in [-0.25, -0.2) is 4.79 Å². The highest BCUT2D eigenvalue weighted by atomic mass is 16.3. The molecule has 0 bridgehead atoms. The maximum atomic E-state index is 11.7. The summed E-state index contributed by atoms with van der Waals surface area (Å²) < 4.78 is 0. The van der Waals surface area contributed by atoms with E-state index in [0.717, 1.165) is 24.1 Å². The average molecular weight is 303 g/mol. The number of rotatable bonds is 7. The molecule has 22 heavy (non-hydrogen) atoms. The van der Waals surface area contributed by atoms with E-state index in [4.69, 9.17) is 0 Å². The van der Waals surface area contributed by atoms with Crippen molar-refractivity contribution in [3.05, 3.63) is 35.5 Å². The van der Waals surface area contributed by atoms with Crippen LogP contribution < -0.4 is 10.6 Å². The molecule has 0 fully saturated rings. The lowest BCUT2D eigenvalue weighted by Crippen LogP contribution is -2.40. The van der Waals surface area contributed by atoms with Gasteiger partial charge in [0.1, 0.15) is 0 Å². The van der Waals surface area contributed by atoms with Crippen LogP contribution in [0.25, 0.3) is 10.9 Å². The number of fused-ring (bicyclic) bond motifs is 1. The molecule has 0 aliphatic heterocycles. The Morgan fingerprint density at radius 3 is 2.86 bits per heavy atom. The van der Waals surface area contributed by atoms with E-state index in [0.29, 0.717) is 19.5 Å². The van der Waals surface area contributed by atoms with Crippen LogP contribution in [0.1, 0.15) is 31.0 Å². The molecule has 120 valence electrons. The first-order valence-corrected chi connectivity index (χ1v) is 7.87. The quantitative estimate of drug-likeness (QED) is 0.634. The van der Waals surface area contributed by atoms with Crippen LogP contribution in [-0.2, 0) is 6.42 Å². The molecule has 1 atom stereocenters. The number of aliphatic hydroxyl groups is 1. The average Bonchev–Trinajstić information content (AvgIpc) is 2.82. The number of aryl methyl sites for hydroxylation is 1. The monoisotopic (exact) mass is 303 g/mol. The van der Waals surface area contributed by atoms with Crippen LogP contribution >= 0.6 is 0 Å². The van der Waals surface area contributed by atoms with Crippen molar-refractivity contribution < 1.29 is 9.90 Å². The molecule has 2 aromatic rings. The molecule has 0 saturated carbocycles. The van der Waals surface area contributed by atoms with Gasteiger partial charge in [0.25, 0.3) is 0 Å². The third-order valence-corrected chi connectivity index (χ3v) is 3.81. The van der Waals surface area contributed by atoms with Crippen LogP contribution in [0.5, 0.6) is 0 Å². The zero-order chi connectivity index (χ0) is 15.9. The van der Waals surface area contributed by atoms with Gasteiger partial charge in [0.05, 0.1) is 6.10 Å². The highest BCUT2D eigenvalue weighted by molar-refractivity contribution is 5.84. The molecular formula is C17H25N3O2. The summed E-state index contributed by atoms with van der Waals surface area (Å²) >= 11 is 0. The second-order valence-corrected chi connectivity index (χ2v) is 5.60. The SMILES string of the molecule is CCCC(O)CNC(=O)NCCc1c(C)[nH]c2ccccc12. The fourth-order valence-corrected chi connectivity index (χ4v) is 2.67. The van der Waals surface area contributed by atoms with Gasteiger partial charge in [-0.3, -0.25) is 0 Å². The van der Waals surface area contributed by atoms with Crippen molar-refractivity contribution in [3.8, 4) is 0 Å². The number of carbonyl (C=O) groups is 1. The molecule has 1 unspecified atom stereocenters. The molecule has 1 heterocycles. The molecule has 1 aromatic heterocycles. The minimum Gasteiger partial charge on any atom is -0.391 e. The van der Waals surface area contributed by atoms with Crippen molar-refractivity contribution in [2.24, 2.45) is 0 Å². The van der Waals surface area contributed by atoms with Gasteiger partial charge in [0.2, 0.25) is 0 Å². The maximum absolute atomic E-state index is 11.7. The summed E-state index contributed by atoms with van der Waals surface area (Å²) in [4.78, 5) is 15.0. The Morgan fingerprint density at radius 2 is 2.09 bits per heavy atom. The van der Waals surface area contributed by atoms with E-state index in [1.54, 1.807) is 0 Å². The van der Waals surface area contributed by atoms with E-state index >= 15 is 0 Å². The summed E-state index contributed by atoms with van der Waals surface area (Å²) in [7, 11) is 0. The van der Waals surface area contributed by atoms with Crippen molar-refractivity contribution in [2.75, 3.05) is 13.1 Å². The fourth-order valence-electron chi connectivity index (χ4n) is 2.67. The molecule has 2 amide bonds. The highest BCUT2D eigenvalue weighted by Gasteiger charge is 2.09. The number of nitrogens with one attached hydrogen (secondary N) is 3. The number of benzene rings is 1. The maximum Gasteiger partial charge on any atom is 0.314 e. The Balaban J connectivity index is 1.80. The van der Waals surface area contributed by atoms with Crippen molar-refractivity contribution >= 4 is 16.9 Å². The molecular weight excluding hydrogens is 278 g/mol. The Morgan fingerprint density at radius 1 is 1.32 bits per heavy atom. The van der Waals surface area contributed by atoms with Gasteiger partial charge >= 0.3 is 6.03 Å². The zero-order valence-corrected chi connectivity index (χ0v) is 13.3. The van der Waals surface area contributed by atoms with Gasteiger partial charge in [-0.15, -0.1) is 0 Å². The predicted molar refractivity (Wildman–Crippen MR) is 89.1 cm³/mol. The summed E-state index contributed by atoms with van der Waals surface area (Å²) in [6, 6.07) is 7.95. The third kappa shape index (κ3) is 4.24. The van der Waals surface area contributed by atoms with Crippen LogP contribution in [0, 0.1) is 6.92 Å². The lowest BCUT2D eigenvalue weighted by Gasteiger charge is -2.11. The van der Waals surface area contributed by atoms with Crippen LogP contribution in [-0.4, -0.2) is 35.3 Å². The first-order chi connectivity index (χ1) is 10.6. The topological polar surface area (TPSA) is 77.2 Å². The van der Waals surface area contributed by atoms with Gasteiger partial charge in [0, 0.05) is 29.7 Å². The van der Waals surface area contributed by atoms with Crippen molar-refractivity contribution in [2.45, 2.75) is 39.2 Å². The predicted octanol–water partition coefficient (Wildman–Crippen LogP) is 2.48. The molecule has 0 aliphatic rings. The van der Waals surface area contributed by atoms with Crippen LogP contribution in [0.2, 0.25) is 0 Å². The largest absolute Gasteiger partial charge is 0.391 e. The second kappa shape index (κ2) is 7.84. The van der Waals surface area contributed by atoms with Crippen LogP contribution in [0.4, 0.5) is 4.79 Å². The summed E-state index contributed by atoms with van der Waals surface area (Å²) in [6.07, 6.45) is 1.92. The smallest absolute Gasteiger partial charge is 0.314 e. The Hall–Kier alpha value is -2.01. The first kappa shape index (κ1) is 16.4. The van der Waals surface area contributed by atoms with E-state index < -0.39 is 6.10 Å². The number of hydrogen-bond acceptors (Lipinski definition) is 2. The summed E-state index contributed by atoms with van der Waals surface area (Å²) in [5.41, 5.74) is 3.51. The normalized spacial score (nSPS) is 12.3. The number of urea groups is 1. The van der Waals surface area contributed by atoms with E-state index in [1.165, 1.54) is 10.9 Å². The van der Waals surface area contributed by atoms with E-state index in [-0.39, 0.29) is 6.03 Å². The molecule has 1 aromatic carbocycles. The summed E-state index contributed by atoms with van der Waals surface area (Å²) in [5, 5.41) is 16.3. The van der Waals surface area contributed by atoms with Crippen LogP contribution in [0.15, 0.2) is 24.3 Å². The first-order valence-electron chi connectivity index (χ1n) is 7.87. The number of aliphatic hydroxyl groups excluding tert-OH is 1. The number of amides is 2. The van der Waals surface area contributed by atoms with E-state index in [2.05, 4.69) is 34.7 Å². The number of para-hydroxylation sites is 1. The molecule has 0 aliphatic carbocycles. The molecule has 0 spiro atoms. The number of aromatic amines is 1. The van der Waals surface area contributed by atoms with Gasteiger partial charge < -0.3 is 20.7 Å².